The van der Waals surface area contributed by atoms with Crippen molar-refractivity contribution in [2.75, 3.05) is 0 Å². The summed E-state index contributed by atoms with van der Waals surface area (Å²) in [7, 11) is 0. The summed E-state index contributed by atoms with van der Waals surface area (Å²) in [5, 5.41) is 20.5. The van der Waals surface area contributed by atoms with Crippen LogP contribution in [0.5, 0.6) is 5.75 Å². The molecule has 2 aliphatic carbocycles. The minimum absolute atomic E-state index is 0.0463. The van der Waals surface area contributed by atoms with Gasteiger partial charge >= 0.3 is 11.9 Å². The number of ether oxygens (including phenoxy) is 3. The monoisotopic (exact) mass is 562 g/mol. The Kier molecular flexibility index (Phi) is 8.91. The first-order valence-electron chi connectivity index (χ1n) is 12.8. The van der Waals surface area contributed by atoms with Gasteiger partial charge in [-0.1, -0.05) is 44.2 Å². The van der Waals surface area contributed by atoms with Crippen LogP contribution in [0.25, 0.3) is 0 Å². The molecule has 0 radical (unpaired) electrons. The second-order valence-electron chi connectivity index (χ2n) is 10.1. The van der Waals surface area contributed by atoms with Crippen molar-refractivity contribution in [3.8, 4) is 5.75 Å². The highest BCUT2D eigenvalue weighted by Crippen LogP contribution is 2.44. The maximum absolute atomic E-state index is 13.2. The summed E-state index contributed by atoms with van der Waals surface area (Å²) in [4.78, 5) is 25.0. The molecule has 1 aliphatic heterocycles. The number of halogens is 1. The van der Waals surface area contributed by atoms with Gasteiger partial charge in [0, 0.05) is 18.8 Å². The zero-order valence-corrected chi connectivity index (χ0v) is 22.3. The number of fused-ring (bicyclic) bond motifs is 1. The van der Waals surface area contributed by atoms with Crippen molar-refractivity contribution in [1.29, 1.82) is 0 Å². The van der Waals surface area contributed by atoms with Crippen LogP contribution in [-0.4, -0.2) is 52.7 Å². The van der Waals surface area contributed by atoms with E-state index in [1.165, 1.54) is 0 Å². The van der Waals surface area contributed by atoms with E-state index in [1.54, 1.807) is 6.07 Å². The number of carbonyl (C=O) groups excluding carboxylic acids is 2. The summed E-state index contributed by atoms with van der Waals surface area (Å²) in [6.45, 7) is 4.01. The van der Waals surface area contributed by atoms with Crippen LogP contribution in [0.3, 0.4) is 0 Å². The Hall–Kier alpha value is -2.16. The van der Waals surface area contributed by atoms with Crippen LogP contribution in [0.15, 0.2) is 52.5 Å². The van der Waals surface area contributed by atoms with Gasteiger partial charge in [0.2, 0.25) is 0 Å². The molecule has 1 aromatic rings. The van der Waals surface area contributed by atoms with Gasteiger partial charge in [0.1, 0.15) is 18.0 Å². The smallest absolute Gasteiger partial charge is 0.347 e. The van der Waals surface area contributed by atoms with Crippen molar-refractivity contribution in [3.63, 3.8) is 0 Å². The minimum atomic E-state index is -0.770. The Balaban J connectivity index is 1.48. The number of hydrogen-bond donors (Lipinski definition) is 2. The molecule has 2 N–H and O–H groups in total. The number of rotatable bonds is 8. The number of carbonyl (C=O) groups is 2. The Labute approximate surface area is 220 Å². The van der Waals surface area contributed by atoms with Crippen LogP contribution in [0, 0.1) is 17.8 Å². The first-order valence-corrected chi connectivity index (χ1v) is 13.6. The molecule has 0 aromatic heterocycles. The molecule has 1 fully saturated rings. The van der Waals surface area contributed by atoms with Crippen LogP contribution in [0.2, 0.25) is 0 Å². The minimum Gasteiger partial charge on any atom is -0.478 e. The summed E-state index contributed by atoms with van der Waals surface area (Å²) in [6, 6.07) is 7.37. The van der Waals surface area contributed by atoms with Crippen molar-refractivity contribution in [3.05, 3.63) is 52.5 Å². The molecule has 8 heteroatoms. The van der Waals surface area contributed by atoms with Crippen LogP contribution >= 0.6 is 15.9 Å². The fraction of sp³-hybridized carbons (Fsp3) is 0.571. The van der Waals surface area contributed by atoms with Crippen molar-refractivity contribution in [1.82, 2.24) is 0 Å². The second kappa shape index (κ2) is 11.9. The maximum atomic E-state index is 13.2. The Morgan fingerprint density at radius 2 is 2.00 bits per heavy atom. The van der Waals surface area contributed by atoms with Crippen LogP contribution < -0.4 is 4.74 Å². The average molecular weight is 563 g/mol. The van der Waals surface area contributed by atoms with Crippen LogP contribution in [0.4, 0.5) is 0 Å². The SMILES string of the molecule is CCC(Oc1ccccc1Br)C(=O)O[C@H]1C[C@H](O)C=C2C=C[C@H](C)[C@H](CC[C@@H]3C[C@@H](O)CC(=O)O3)[C@H]21. The Bertz CT molecular complexity index is 1010. The number of allylic oxidation sites excluding steroid dienone is 2. The van der Waals surface area contributed by atoms with E-state index >= 15 is 0 Å². The zero-order chi connectivity index (χ0) is 25.8. The molecule has 7 nitrogen and oxygen atoms in total. The molecular formula is C28H35BrO7. The van der Waals surface area contributed by atoms with Crippen molar-refractivity contribution >= 4 is 27.9 Å². The lowest BCUT2D eigenvalue weighted by Crippen LogP contribution is -2.44. The highest BCUT2D eigenvalue weighted by Gasteiger charge is 2.43. The summed E-state index contributed by atoms with van der Waals surface area (Å²) in [5.41, 5.74) is 0.968. The van der Waals surface area contributed by atoms with Crippen molar-refractivity contribution in [2.45, 2.75) is 82.9 Å². The first kappa shape index (κ1) is 26.9. The number of hydrogen-bond acceptors (Lipinski definition) is 7. The molecule has 36 heavy (non-hydrogen) atoms. The predicted molar refractivity (Wildman–Crippen MR) is 137 cm³/mol. The molecule has 4 rings (SSSR count). The van der Waals surface area contributed by atoms with E-state index in [0.29, 0.717) is 31.4 Å². The van der Waals surface area contributed by atoms with Gasteiger partial charge in [-0.3, -0.25) is 4.79 Å². The number of cyclic esters (lactones) is 1. The topological polar surface area (TPSA) is 102 Å². The summed E-state index contributed by atoms with van der Waals surface area (Å²) in [6.07, 6.45) is 5.66. The van der Waals surface area contributed by atoms with E-state index in [0.717, 1.165) is 16.5 Å². The van der Waals surface area contributed by atoms with Gasteiger partial charge < -0.3 is 24.4 Å². The predicted octanol–water partition coefficient (Wildman–Crippen LogP) is 4.49. The van der Waals surface area contributed by atoms with E-state index in [4.69, 9.17) is 14.2 Å². The molecular weight excluding hydrogens is 528 g/mol. The molecule has 0 saturated carbocycles. The normalized spacial score (nSPS) is 32.6. The third kappa shape index (κ3) is 6.39. The van der Waals surface area contributed by atoms with E-state index in [1.807, 2.05) is 37.3 Å². The number of aliphatic hydroxyl groups is 2. The lowest BCUT2D eigenvalue weighted by molar-refractivity contribution is -0.165. The Morgan fingerprint density at radius 3 is 2.72 bits per heavy atom. The summed E-state index contributed by atoms with van der Waals surface area (Å²) >= 11 is 3.45. The van der Waals surface area contributed by atoms with Crippen LogP contribution in [-0.2, 0) is 19.1 Å². The summed E-state index contributed by atoms with van der Waals surface area (Å²) in [5.74, 6) is 0.0282. The third-order valence-corrected chi connectivity index (χ3v) is 8.09. The third-order valence-electron chi connectivity index (χ3n) is 7.44. The van der Waals surface area contributed by atoms with Gasteiger partial charge in [0.25, 0.3) is 0 Å². The van der Waals surface area contributed by atoms with Gasteiger partial charge in [0.05, 0.1) is 23.1 Å². The number of aliphatic hydroxyl groups excluding tert-OH is 2. The van der Waals surface area contributed by atoms with E-state index in [2.05, 4.69) is 28.9 Å². The molecule has 3 aliphatic rings. The van der Waals surface area contributed by atoms with Crippen molar-refractivity contribution in [2.24, 2.45) is 17.8 Å². The number of benzene rings is 1. The lowest BCUT2D eigenvalue weighted by Gasteiger charge is -2.43. The lowest BCUT2D eigenvalue weighted by atomic mass is 9.66. The standard InChI is InChI=1S/C28H35BrO7/c1-3-23(35-24-7-5-4-6-22(24)29)28(33)36-25-14-18(30)12-17-9-8-16(2)21(27(17)25)11-10-20-13-19(31)15-26(32)34-20/h4-9,12,16,18-21,23,25,27,30-31H,3,10-11,13-15H2,1-2H3/t16-,18+,19+,20+,21-,23?,25-,27-/m0/s1. The molecule has 1 aromatic carbocycles. The second-order valence-corrected chi connectivity index (χ2v) is 10.9. The fourth-order valence-electron chi connectivity index (χ4n) is 5.62. The molecule has 0 amide bonds. The maximum Gasteiger partial charge on any atom is 0.347 e. The van der Waals surface area contributed by atoms with Gasteiger partial charge in [-0.25, -0.2) is 4.79 Å². The van der Waals surface area contributed by atoms with E-state index in [-0.39, 0.29) is 36.2 Å². The van der Waals surface area contributed by atoms with E-state index in [9.17, 15) is 19.8 Å². The van der Waals surface area contributed by atoms with Gasteiger partial charge in [-0.15, -0.1) is 0 Å². The summed E-state index contributed by atoms with van der Waals surface area (Å²) < 4.78 is 18.3. The van der Waals surface area contributed by atoms with E-state index < -0.39 is 30.4 Å². The number of para-hydroxylation sites is 1. The quantitative estimate of drug-likeness (QED) is 0.450. The van der Waals surface area contributed by atoms with Gasteiger partial charge in [-0.2, -0.15) is 0 Å². The molecule has 0 spiro atoms. The molecule has 0 bridgehead atoms. The Morgan fingerprint density at radius 1 is 1.22 bits per heavy atom. The molecule has 1 unspecified atom stereocenters. The highest BCUT2D eigenvalue weighted by molar-refractivity contribution is 9.10. The van der Waals surface area contributed by atoms with Gasteiger partial charge in [0.15, 0.2) is 6.10 Å². The molecule has 1 heterocycles. The molecule has 1 saturated heterocycles. The first-order chi connectivity index (χ1) is 17.2. The largest absolute Gasteiger partial charge is 0.478 e. The van der Waals surface area contributed by atoms with Crippen molar-refractivity contribution < 1.29 is 34.0 Å². The van der Waals surface area contributed by atoms with Gasteiger partial charge in [-0.05, 0) is 64.7 Å². The molecule has 8 atom stereocenters. The number of esters is 2. The van der Waals surface area contributed by atoms with Crippen LogP contribution in [0.1, 0.15) is 52.4 Å². The fourth-order valence-corrected chi connectivity index (χ4v) is 6.00. The molecule has 196 valence electrons. The average Bonchev–Trinajstić information content (AvgIpc) is 2.82. The highest BCUT2D eigenvalue weighted by atomic mass is 79.9. The zero-order valence-electron chi connectivity index (χ0n) is 20.7.